The number of amides is 1. The average Bonchev–Trinajstić information content (AvgIpc) is 3.08. The van der Waals surface area contributed by atoms with Crippen LogP contribution in [0, 0.1) is 20.8 Å². The smallest absolute Gasteiger partial charge is 0.297 e. The number of hydrogen-bond acceptors (Lipinski definition) is 6. The van der Waals surface area contributed by atoms with Crippen LogP contribution in [0.25, 0.3) is 10.9 Å². The van der Waals surface area contributed by atoms with Crippen molar-refractivity contribution in [2.45, 2.75) is 40.3 Å². The highest BCUT2D eigenvalue weighted by Crippen LogP contribution is 2.22. The molecule has 8 nitrogen and oxygen atoms in total. The summed E-state index contributed by atoms with van der Waals surface area (Å²) >= 11 is 0. The predicted octanol–water partition coefficient (Wildman–Crippen LogP) is 2.05. The molecule has 0 spiro atoms. The summed E-state index contributed by atoms with van der Waals surface area (Å²) in [5.41, 5.74) is 2.84. The van der Waals surface area contributed by atoms with Gasteiger partial charge in [0.1, 0.15) is 12.3 Å². The first kappa shape index (κ1) is 19.2. The summed E-state index contributed by atoms with van der Waals surface area (Å²) in [5, 5.41) is 8.77. The number of carbonyl (C=O) groups excluding carboxylic acids is 1. The van der Waals surface area contributed by atoms with E-state index in [4.69, 9.17) is 4.52 Å². The van der Waals surface area contributed by atoms with Gasteiger partial charge in [-0.3, -0.25) is 9.59 Å². The van der Waals surface area contributed by atoms with E-state index in [0.717, 1.165) is 6.54 Å². The lowest BCUT2D eigenvalue weighted by atomic mass is 10.1. The maximum absolute atomic E-state index is 12.9. The first-order chi connectivity index (χ1) is 13.8. The normalized spacial score (nSPS) is 17.2. The third-order valence-corrected chi connectivity index (χ3v) is 5.53. The van der Waals surface area contributed by atoms with Crippen LogP contribution in [0.2, 0.25) is 0 Å². The molecule has 0 aliphatic carbocycles. The Balaban J connectivity index is 1.50. The van der Waals surface area contributed by atoms with E-state index in [0.29, 0.717) is 29.9 Å². The van der Waals surface area contributed by atoms with Gasteiger partial charge in [0.05, 0.1) is 11.1 Å². The highest BCUT2D eigenvalue weighted by Gasteiger charge is 2.28. The summed E-state index contributed by atoms with van der Waals surface area (Å²) in [4.78, 5) is 29.6. The minimum absolute atomic E-state index is 0.0985. The first-order valence-corrected chi connectivity index (χ1v) is 9.80. The summed E-state index contributed by atoms with van der Waals surface area (Å²) in [7, 11) is 0. The Morgan fingerprint density at radius 2 is 2.03 bits per heavy atom. The van der Waals surface area contributed by atoms with Crippen molar-refractivity contribution < 1.29 is 9.32 Å². The summed E-state index contributed by atoms with van der Waals surface area (Å²) in [6.45, 7) is 9.58. The second kappa shape index (κ2) is 7.35. The molecule has 152 valence electrons. The lowest BCUT2D eigenvalue weighted by Gasteiger charge is -2.41. The zero-order chi connectivity index (χ0) is 20.7. The SMILES string of the molecule is Cc1cccc(N2CCN(C(=O)Cn3nc(C)c4c(C)onc4c3=O)C[C@@H]2C)c1. The Labute approximate surface area is 168 Å². The lowest BCUT2D eigenvalue weighted by Crippen LogP contribution is -2.54. The molecule has 2 aromatic heterocycles. The van der Waals surface area contributed by atoms with Crippen molar-refractivity contribution in [2.75, 3.05) is 24.5 Å². The van der Waals surface area contributed by atoms with Crippen LogP contribution in [0.1, 0.15) is 23.9 Å². The monoisotopic (exact) mass is 395 g/mol. The van der Waals surface area contributed by atoms with Gasteiger partial charge in [-0.05, 0) is 45.4 Å². The van der Waals surface area contributed by atoms with Gasteiger partial charge < -0.3 is 14.3 Å². The van der Waals surface area contributed by atoms with Crippen molar-refractivity contribution in [3.05, 3.63) is 51.6 Å². The molecule has 0 N–H and O–H groups in total. The summed E-state index contributed by atoms with van der Waals surface area (Å²) in [5.74, 6) is 0.441. The van der Waals surface area contributed by atoms with Crippen molar-refractivity contribution >= 4 is 22.5 Å². The van der Waals surface area contributed by atoms with E-state index in [9.17, 15) is 9.59 Å². The van der Waals surface area contributed by atoms with Gasteiger partial charge >= 0.3 is 0 Å². The highest BCUT2D eigenvalue weighted by molar-refractivity contribution is 5.82. The average molecular weight is 395 g/mol. The lowest BCUT2D eigenvalue weighted by molar-refractivity contribution is -0.132. The fourth-order valence-electron chi connectivity index (χ4n) is 4.05. The van der Waals surface area contributed by atoms with E-state index in [1.165, 1.54) is 15.9 Å². The number of anilines is 1. The Hall–Kier alpha value is -3.16. The molecule has 0 bridgehead atoms. The summed E-state index contributed by atoms with van der Waals surface area (Å²) < 4.78 is 6.32. The number of fused-ring (bicyclic) bond motifs is 1. The van der Waals surface area contributed by atoms with Gasteiger partial charge in [-0.25, -0.2) is 4.68 Å². The Morgan fingerprint density at radius 3 is 2.76 bits per heavy atom. The van der Waals surface area contributed by atoms with E-state index in [1.807, 2.05) is 0 Å². The molecular weight excluding hydrogens is 370 g/mol. The molecule has 1 aliphatic heterocycles. The molecule has 1 aromatic carbocycles. The van der Waals surface area contributed by atoms with E-state index < -0.39 is 5.56 Å². The number of piperazine rings is 1. The van der Waals surface area contributed by atoms with Crippen molar-refractivity contribution in [2.24, 2.45) is 0 Å². The van der Waals surface area contributed by atoms with Gasteiger partial charge in [0, 0.05) is 31.4 Å². The largest absolute Gasteiger partial charge is 0.365 e. The molecule has 4 rings (SSSR count). The van der Waals surface area contributed by atoms with Gasteiger partial charge in [0.15, 0.2) is 5.52 Å². The van der Waals surface area contributed by atoms with E-state index in [1.54, 1.807) is 18.7 Å². The topological polar surface area (TPSA) is 84.5 Å². The van der Waals surface area contributed by atoms with Crippen molar-refractivity contribution in [1.29, 1.82) is 0 Å². The molecule has 0 saturated carbocycles. The van der Waals surface area contributed by atoms with E-state index >= 15 is 0 Å². The minimum Gasteiger partial charge on any atom is -0.365 e. The van der Waals surface area contributed by atoms with Crippen molar-refractivity contribution in [1.82, 2.24) is 19.8 Å². The zero-order valence-electron chi connectivity index (χ0n) is 17.2. The van der Waals surface area contributed by atoms with Crippen LogP contribution in [0.4, 0.5) is 5.69 Å². The van der Waals surface area contributed by atoms with Crippen LogP contribution >= 0.6 is 0 Å². The van der Waals surface area contributed by atoms with Gasteiger partial charge in [-0.1, -0.05) is 17.3 Å². The molecule has 0 unspecified atom stereocenters. The van der Waals surface area contributed by atoms with E-state index in [2.05, 4.69) is 53.3 Å². The number of carbonyl (C=O) groups is 1. The fourth-order valence-corrected chi connectivity index (χ4v) is 4.05. The summed E-state index contributed by atoms with van der Waals surface area (Å²) in [6, 6.07) is 8.57. The van der Waals surface area contributed by atoms with Crippen LogP contribution in [-0.2, 0) is 11.3 Å². The van der Waals surface area contributed by atoms with Crippen LogP contribution in [0.3, 0.4) is 0 Å². The van der Waals surface area contributed by atoms with Gasteiger partial charge in [-0.15, -0.1) is 0 Å². The maximum atomic E-state index is 12.9. The standard InChI is InChI=1S/C21H25N5O3/c1-13-6-5-7-17(10-13)25-9-8-24(11-14(25)2)18(27)12-26-21(28)20-19(15(3)22-26)16(4)29-23-20/h5-7,10,14H,8-9,11-12H2,1-4H3/t14-/m0/s1. The molecule has 3 heterocycles. The zero-order valence-corrected chi connectivity index (χ0v) is 17.2. The van der Waals surface area contributed by atoms with Crippen molar-refractivity contribution in [3.63, 3.8) is 0 Å². The number of nitrogens with zero attached hydrogens (tertiary/aromatic N) is 5. The van der Waals surface area contributed by atoms with Crippen LogP contribution < -0.4 is 10.5 Å². The molecule has 1 amide bonds. The third kappa shape index (κ3) is 3.50. The van der Waals surface area contributed by atoms with Crippen LogP contribution in [0.15, 0.2) is 33.6 Å². The van der Waals surface area contributed by atoms with Gasteiger partial charge in [0.25, 0.3) is 5.56 Å². The molecule has 3 aromatic rings. The van der Waals surface area contributed by atoms with Gasteiger partial charge in [-0.2, -0.15) is 5.10 Å². The predicted molar refractivity (Wildman–Crippen MR) is 110 cm³/mol. The molecule has 1 aliphatic rings. The van der Waals surface area contributed by atoms with Crippen molar-refractivity contribution in [3.8, 4) is 0 Å². The second-order valence-electron chi connectivity index (χ2n) is 7.73. The quantitative estimate of drug-likeness (QED) is 0.675. The van der Waals surface area contributed by atoms with Crippen LogP contribution in [-0.4, -0.2) is 51.4 Å². The fraction of sp³-hybridized carbons (Fsp3) is 0.429. The third-order valence-electron chi connectivity index (χ3n) is 5.53. The van der Waals surface area contributed by atoms with Gasteiger partial charge in [0.2, 0.25) is 5.91 Å². The second-order valence-corrected chi connectivity index (χ2v) is 7.73. The molecule has 8 heteroatoms. The number of aromatic nitrogens is 3. The Kier molecular flexibility index (Phi) is 4.86. The first-order valence-electron chi connectivity index (χ1n) is 9.80. The molecule has 29 heavy (non-hydrogen) atoms. The maximum Gasteiger partial charge on any atom is 0.297 e. The Bertz CT molecular complexity index is 1130. The number of benzene rings is 1. The molecule has 0 radical (unpaired) electrons. The molecule has 1 fully saturated rings. The molecular formula is C21H25N5O3. The number of aryl methyl sites for hydroxylation is 3. The molecule has 1 atom stereocenters. The molecule has 1 saturated heterocycles. The van der Waals surface area contributed by atoms with E-state index in [-0.39, 0.29) is 24.0 Å². The minimum atomic E-state index is -0.401. The number of rotatable bonds is 3. The number of hydrogen-bond donors (Lipinski definition) is 0. The summed E-state index contributed by atoms with van der Waals surface area (Å²) in [6.07, 6.45) is 0. The van der Waals surface area contributed by atoms with Crippen LogP contribution in [0.5, 0.6) is 0 Å². The highest BCUT2D eigenvalue weighted by atomic mass is 16.5. The Morgan fingerprint density at radius 1 is 1.24 bits per heavy atom.